The van der Waals surface area contributed by atoms with Crippen LogP contribution in [0.1, 0.15) is 6.42 Å². The third-order valence-corrected chi connectivity index (χ3v) is 4.99. The zero-order valence-corrected chi connectivity index (χ0v) is 16.9. The van der Waals surface area contributed by atoms with E-state index in [-0.39, 0.29) is 0 Å². The molecule has 2 atom stereocenters. The zero-order chi connectivity index (χ0) is 20.3. The molecule has 6 heteroatoms. The molecule has 2 aromatic rings. The normalized spacial score (nSPS) is 18.0. The number of benzene rings is 2. The largest absolute Gasteiger partial charge is 0.491 e. The van der Waals surface area contributed by atoms with Crippen molar-refractivity contribution in [2.24, 2.45) is 0 Å². The molecule has 1 heterocycles. The minimum absolute atomic E-state index is 0.291. The molecule has 0 aliphatic carbocycles. The van der Waals surface area contributed by atoms with Crippen molar-refractivity contribution in [1.82, 2.24) is 9.80 Å². The first-order valence-corrected chi connectivity index (χ1v) is 10.4. The Morgan fingerprint density at radius 1 is 0.655 bits per heavy atom. The number of aliphatic hydroxyl groups is 2. The van der Waals surface area contributed by atoms with E-state index in [1.807, 2.05) is 60.7 Å². The minimum Gasteiger partial charge on any atom is -0.491 e. The minimum atomic E-state index is -0.522. The molecule has 0 aromatic heterocycles. The van der Waals surface area contributed by atoms with Crippen molar-refractivity contribution >= 4 is 0 Å². The summed E-state index contributed by atoms with van der Waals surface area (Å²) >= 11 is 0. The first kappa shape index (κ1) is 21.6. The molecule has 0 amide bonds. The third kappa shape index (κ3) is 8.03. The average molecular weight is 401 g/mol. The number of hydrogen-bond acceptors (Lipinski definition) is 6. The lowest BCUT2D eigenvalue weighted by atomic mass is 10.3. The second kappa shape index (κ2) is 11.8. The summed E-state index contributed by atoms with van der Waals surface area (Å²) < 4.78 is 11.3. The van der Waals surface area contributed by atoms with E-state index in [9.17, 15) is 10.2 Å². The molecule has 29 heavy (non-hydrogen) atoms. The summed E-state index contributed by atoms with van der Waals surface area (Å²) in [5.74, 6) is 1.56. The van der Waals surface area contributed by atoms with E-state index in [4.69, 9.17) is 9.47 Å². The quantitative estimate of drug-likeness (QED) is 0.635. The van der Waals surface area contributed by atoms with Crippen LogP contribution in [-0.2, 0) is 0 Å². The summed E-state index contributed by atoms with van der Waals surface area (Å²) in [7, 11) is 0. The van der Waals surface area contributed by atoms with Gasteiger partial charge in [-0.25, -0.2) is 0 Å². The number of aliphatic hydroxyl groups excluding tert-OH is 2. The molecule has 1 aliphatic rings. The summed E-state index contributed by atoms with van der Waals surface area (Å²) in [4.78, 5) is 4.54. The second-order valence-electron chi connectivity index (χ2n) is 7.51. The molecule has 0 radical (unpaired) electrons. The molecule has 0 spiro atoms. The first-order valence-electron chi connectivity index (χ1n) is 10.4. The number of rotatable bonds is 10. The summed E-state index contributed by atoms with van der Waals surface area (Å²) in [6, 6.07) is 19.1. The number of hydrogen-bond donors (Lipinski definition) is 2. The van der Waals surface area contributed by atoms with Crippen molar-refractivity contribution in [3.63, 3.8) is 0 Å². The molecule has 2 N–H and O–H groups in total. The van der Waals surface area contributed by atoms with Gasteiger partial charge in [-0.15, -0.1) is 0 Å². The van der Waals surface area contributed by atoms with E-state index in [0.29, 0.717) is 26.3 Å². The van der Waals surface area contributed by atoms with Crippen LogP contribution >= 0.6 is 0 Å². The highest BCUT2D eigenvalue weighted by Crippen LogP contribution is 2.11. The standard InChI is InChI=1S/C23H32N2O4/c26-20(18-28-22-8-3-1-4-9-22)16-24-12-7-13-25(15-14-24)17-21(27)19-29-23-10-5-2-6-11-23/h1-6,8-11,20-21,26-27H,7,12-19H2. The van der Waals surface area contributed by atoms with Crippen molar-refractivity contribution in [3.05, 3.63) is 60.7 Å². The lowest BCUT2D eigenvalue weighted by Gasteiger charge is -2.25. The average Bonchev–Trinajstić information content (AvgIpc) is 2.97. The highest BCUT2D eigenvalue weighted by molar-refractivity contribution is 5.21. The lowest BCUT2D eigenvalue weighted by molar-refractivity contribution is 0.0617. The van der Waals surface area contributed by atoms with Crippen LogP contribution in [0.2, 0.25) is 0 Å². The van der Waals surface area contributed by atoms with Gasteiger partial charge in [0.15, 0.2) is 0 Å². The van der Waals surface area contributed by atoms with Crippen LogP contribution in [0.4, 0.5) is 0 Å². The van der Waals surface area contributed by atoms with Crippen LogP contribution < -0.4 is 9.47 Å². The van der Waals surface area contributed by atoms with Crippen LogP contribution in [0.5, 0.6) is 11.5 Å². The van der Waals surface area contributed by atoms with Gasteiger partial charge in [0.1, 0.15) is 36.9 Å². The summed E-state index contributed by atoms with van der Waals surface area (Å²) in [6.07, 6.45) is -0.0309. The fourth-order valence-electron chi connectivity index (χ4n) is 3.51. The number of nitrogens with zero attached hydrogens (tertiary/aromatic N) is 2. The van der Waals surface area contributed by atoms with Gasteiger partial charge in [0.25, 0.3) is 0 Å². The van der Waals surface area contributed by atoms with Crippen molar-refractivity contribution < 1.29 is 19.7 Å². The Morgan fingerprint density at radius 2 is 1.07 bits per heavy atom. The maximum atomic E-state index is 10.3. The van der Waals surface area contributed by atoms with Crippen LogP contribution in [0, 0.1) is 0 Å². The molecule has 3 rings (SSSR count). The van der Waals surface area contributed by atoms with Gasteiger partial charge in [-0.05, 0) is 43.8 Å². The molecule has 1 fully saturated rings. The van der Waals surface area contributed by atoms with Gasteiger partial charge < -0.3 is 19.7 Å². The second-order valence-corrected chi connectivity index (χ2v) is 7.51. The Morgan fingerprint density at radius 3 is 1.48 bits per heavy atom. The lowest BCUT2D eigenvalue weighted by Crippen LogP contribution is -2.40. The summed E-state index contributed by atoms with van der Waals surface area (Å²) in [5.41, 5.74) is 0. The number of para-hydroxylation sites is 2. The van der Waals surface area contributed by atoms with Crippen molar-refractivity contribution in [1.29, 1.82) is 0 Å². The molecule has 1 saturated heterocycles. The summed E-state index contributed by atoms with van der Waals surface area (Å²) in [6.45, 7) is 5.40. The Bertz CT molecular complexity index is 626. The van der Waals surface area contributed by atoms with Gasteiger partial charge in [0.05, 0.1) is 0 Å². The molecule has 2 aromatic carbocycles. The smallest absolute Gasteiger partial charge is 0.119 e. The van der Waals surface area contributed by atoms with Crippen LogP contribution in [0.3, 0.4) is 0 Å². The highest BCUT2D eigenvalue weighted by Gasteiger charge is 2.19. The van der Waals surface area contributed by atoms with E-state index in [0.717, 1.165) is 44.1 Å². The molecule has 0 saturated carbocycles. The van der Waals surface area contributed by atoms with E-state index < -0.39 is 12.2 Å². The van der Waals surface area contributed by atoms with E-state index in [1.54, 1.807) is 0 Å². The molecule has 0 bridgehead atoms. The van der Waals surface area contributed by atoms with Crippen molar-refractivity contribution in [2.45, 2.75) is 18.6 Å². The Labute approximate surface area is 173 Å². The molecular weight excluding hydrogens is 368 g/mol. The fraction of sp³-hybridized carbons (Fsp3) is 0.478. The van der Waals surface area contributed by atoms with E-state index in [2.05, 4.69) is 9.80 Å². The predicted octanol–water partition coefficient (Wildman–Crippen LogP) is 1.87. The molecule has 1 aliphatic heterocycles. The summed E-state index contributed by atoms with van der Waals surface area (Å²) in [5, 5.41) is 20.6. The van der Waals surface area contributed by atoms with E-state index >= 15 is 0 Å². The Hall–Kier alpha value is -2.12. The maximum Gasteiger partial charge on any atom is 0.119 e. The monoisotopic (exact) mass is 400 g/mol. The van der Waals surface area contributed by atoms with Crippen molar-refractivity contribution in [2.75, 3.05) is 52.5 Å². The molecule has 158 valence electrons. The van der Waals surface area contributed by atoms with Crippen molar-refractivity contribution in [3.8, 4) is 11.5 Å². The molecule has 2 unspecified atom stereocenters. The zero-order valence-electron chi connectivity index (χ0n) is 16.9. The molecule has 6 nitrogen and oxygen atoms in total. The third-order valence-electron chi connectivity index (χ3n) is 4.99. The number of β-amino-alcohol motifs (C(OH)–C–C–N with tert-alkyl or cyclic N) is 2. The van der Waals surface area contributed by atoms with Gasteiger partial charge in [-0.2, -0.15) is 0 Å². The fourth-order valence-corrected chi connectivity index (χ4v) is 3.51. The Kier molecular flexibility index (Phi) is 8.77. The molecular formula is C23H32N2O4. The van der Waals surface area contributed by atoms with E-state index in [1.165, 1.54) is 0 Å². The number of ether oxygens (including phenoxy) is 2. The predicted molar refractivity (Wildman–Crippen MR) is 113 cm³/mol. The van der Waals surface area contributed by atoms with Gasteiger partial charge in [-0.3, -0.25) is 9.80 Å². The van der Waals surface area contributed by atoms with Gasteiger partial charge in [0.2, 0.25) is 0 Å². The highest BCUT2D eigenvalue weighted by atomic mass is 16.5. The van der Waals surface area contributed by atoms with Crippen LogP contribution in [-0.4, -0.2) is 84.7 Å². The topological polar surface area (TPSA) is 65.4 Å². The van der Waals surface area contributed by atoms with Gasteiger partial charge >= 0.3 is 0 Å². The SMILES string of the molecule is OC(COc1ccccc1)CN1CCCN(CC(O)COc2ccccc2)CC1. The Balaban J connectivity index is 1.33. The first-order chi connectivity index (χ1) is 14.2. The van der Waals surface area contributed by atoms with Crippen LogP contribution in [0.25, 0.3) is 0 Å². The maximum absolute atomic E-state index is 10.3. The van der Waals surface area contributed by atoms with Gasteiger partial charge in [0, 0.05) is 26.2 Å². The van der Waals surface area contributed by atoms with Crippen LogP contribution in [0.15, 0.2) is 60.7 Å². The van der Waals surface area contributed by atoms with Gasteiger partial charge in [-0.1, -0.05) is 36.4 Å².